The topological polar surface area (TPSA) is 85.1 Å². The Labute approximate surface area is 143 Å². The minimum absolute atomic E-state index is 0.321. The van der Waals surface area contributed by atoms with Crippen molar-refractivity contribution in [1.82, 2.24) is 4.98 Å². The molecule has 1 aromatic carbocycles. The van der Waals surface area contributed by atoms with Crippen LogP contribution in [-0.2, 0) is 6.42 Å². The fourth-order valence-electron chi connectivity index (χ4n) is 2.27. The number of hydrogen-bond donors (Lipinski definition) is 2. The highest BCUT2D eigenvalue weighted by Crippen LogP contribution is 2.30. The summed E-state index contributed by atoms with van der Waals surface area (Å²) >= 11 is 1.35. The van der Waals surface area contributed by atoms with Gasteiger partial charge in [-0.3, -0.25) is 14.6 Å². The standard InChI is InChI=1S/C18H15N3O2S/c19-16(22)15-10-14(9-12-5-2-1-3-6-12)24-18(15)21-17(23)13-7-4-8-20-11-13/h1-8,10-11H,9H2,(H2,19,22)(H,21,23). The van der Waals surface area contributed by atoms with Gasteiger partial charge in [-0.05, 0) is 23.8 Å². The fourth-order valence-corrected chi connectivity index (χ4v) is 3.37. The van der Waals surface area contributed by atoms with Gasteiger partial charge in [0.15, 0.2) is 0 Å². The molecule has 3 rings (SSSR count). The van der Waals surface area contributed by atoms with E-state index < -0.39 is 5.91 Å². The lowest BCUT2D eigenvalue weighted by Crippen LogP contribution is -2.16. The molecule has 0 unspecified atom stereocenters. The van der Waals surface area contributed by atoms with Crippen molar-refractivity contribution in [2.75, 3.05) is 5.32 Å². The quantitative estimate of drug-likeness (QED) is 0.750. The first-order chi connectivity index (χ1) is 11.6. The van der Waals surface area contributed by atoms with Crippen molar-refractivity contribution in [2.24, 2.45) is 5.73 Å². The molecule has 0 bridgehead atoms. The van der Waals surface area contributed by atoms with Crippen LogP contribution < -0.4 is 11.1 Å². The zero-order valence-corrected chi connectivity index (χ0v) is 13.5. The van der Waals surface area contributed by atoms with Crippen LogP contribution in [0.4, 0.5) is 5.00 Å². The van der Waals surface area contributed by atoms with Crippen LogP contribution in [-0.4, -0.2) is 16.8 Å². The first-order valence-corrected chi connectivity index (χ1v) is 8.13. The Morgan fingerprint density at radius 3 is 2.58 bits per heavy atom. The van der Waals surface area contributed by atoms with Crippen LogP contribution in [0.15, 0.2) is 60.9 Å². The molecule has 24 heavy (non-hydrogen) atoms. The SMILES string of the molecule is NC(=O)c1cc(Cc2ccccc2)sc1NC(=O)c1cccnc1. The predicted octanol–water partition coefficient (Wildman–Crippen LogP) is 3.09. The summed E-state index contributed by atoms with van der Waals surface area (Å²) in [5, 5.41) is 3.21. The summed E-state index contributed by atoms with van der Waals surface area (Å²) in [6.45, 7) is 0. The van der Waals surface area contributed by atoms with Gasteiger partial charge in [0.2, 0.25) is 0 Å². The summed E-state index contributed by atoms with van der Waals surface area (Å²) in [6.07, 6.45) is 3.74. The lowest BCUT2D eigenvalue weighted by Gasteiger charge is -2.03. The van der Waals surface area contributed by atoms with Crippen molar-refractivity contribution in [3.63, 3.8) is 0 Å². The summed E-state index contributed by atoms with van der Waals surface area (Å²) < 4.78 is 0. The molecule has 120 valence electrons. The molecule has 0 saturated heterocycles. The van der Waals surface area contributed by atoms with Crippen molar-refractivity contribution in [3.8, 4) is 0 Å². The van der Waals surface area contributed by atoms with E-state index in [1.165, 1.54) is 17.5 Å². The number of amides is 2. The molecule has 6 heteroatoms. The number of primary amides is 1. The van der Waals surface area contributed by atoms with E-state index in [9.17, 15) is 9.59 Å². The Hall–Kier alpha value is -2.99. The van der Waals surface area contributed by atoms with E-state index in [0.29, 0.717) is 22.5 Å². The molecule has 0 aliphatic carbocycles. The van der Waals surface area contributed by atoms with Gasteiger partial charge >= 0.3 is 0 Å². The average molecular weight is 337 g/mol. The van der Waals surface area contributed by atoms with Crippen LogP contribution in [0.25, 0.3) is 0 Å². The number of anilines is 1. The van der Waals surface area contributed by atoms with E-state index in [2.05, 4.69) is 10.3 Å². The van der Waals surface area contributed by atoms with Gasteiger partial charge in [-0.25, -0.2) is 0 Å². The lowest BCUT2D eigenvalue weighted by atomic mass is 10.1. The second-order valence-electron chi connectivity index (χ2n) is 5.18. The van der Waals surface area contributed by atoms with Gasteiger partial charge in [0, 0.05) is 23.7 Å². The zero-order valence-electron chi connectivity index (χ0n) is 12.7. The van der Waals surface area contributed by atoms with E-state index in [1.807, 2.05) is 30.3 Å². The summed E-state index contributed by atoms with van der Waals surface area (Å²) in [5.74, 6) is -0.884. The molecular formula is C18H15N3O2S. The van der Waals surface area contributed by atoms with Gasteiger partial charge < -0.3 is 11.1 Å². The molecule has 0 aliphatic rings. The maximum absolute atomic E-state index is 12.3. The zero-order chi connectivity index (χ0) is 16.9. The lowest BCUT2D eigenvalue weighted by molar-refractivity contribution is 0.100. The number of nitrogens with two attached hydrogens (primary N) is 1. The minimum atomic E-state index is -0.563. The van der Waals surface area contributed by atoms with Crippen molar-refractivity contribution in [2.45, 2.75) is 6.42 Å². The van der Waals surface area contributed by atoms with Gasteiger partial charge in [0.25, 0.3) is 11.8 Å². The Kier molecular flexibility index (Phi) is 4.67. The van der Waals surface area contributed by atoms with Gasteiger partial charge in [0.1, 0.15) is 5.00 Å². The van der Waals surface area contributed by atoms with E-state index in [0.717, 1.165) is 10.4 Å². The molecule has 2 heterocycles. The molecule has 2 aromatic heterocycles. The second-order valence-corrected chi connectivity index (χ2v) is 6.31. The third-order valence-corrected chi connectivity index (χ3v) is 4.47. The number of thiophene rings is 1. The molecule has 5 nitrogen and oxygen atoms in total. The van der Waals surface area contributed by atoms with E-state index in [4.69, 9.17) is 5.73 Å². The molecule has 3 aromatic rings. The highest BCUT2D eigenvalue weighted by Gasteiger charge is 2.17. The number of carbonyl (C=O) groups is 2. The fraction of sp³-hybridized carbons (Fsp3) is 0.0556. The van der Waals surface area contributed by atoms with E-state index in [-0.39, 0.29) is 5.91 Å². The van der Waals surface area contributed by atoms with Gasteiger partial charge in [-0.2, -0.15) is 0 Å². The van der Waals surface area contributed by atoms with Crippen LogP contribution in [0, 0.1) is 0 Å². The van der Waals surface area contributed by atoms with Crippen LogP contribution in [0.5, 0.6) is 0 Å². The molecule has 2 amide bonds. The summed E-state index contributed by atoms with van der Waals surface area (Å²) in [7, 11) is 0. The third kappa shape index (κ3) is 3.67. The first kappa shape index (κ1) is 15.9. The number of pyridine rings is 1. The molecule has 0 spiro atoms. The first-order valence-electron chi connectivity index (χ1n) is 7.31. The number of nitrogens with zero attached hydrogens (tertiary/aromatic N) is 1. The largest absolute Gasteiger partial charge is 0.366 e. The van der Waals surface area contributed by atoms with Crippen LogP contribution in [0.3, 0.4) is 0 Å². The van der Waals surface area contributed by atoms with Gasteiger partial charge in [-0.15, -0.1) is 11.3 Å². The summed E-state index contributed by atoms with van der Waals surface area (Å²) in [5.41, 5.74) is 7.31. The molecule has 0 radical (unpaired) electrons. The summed E-state index contributed by atoms with van der Waals surface area (Å²) in [6, 6.07) is 15.0. The Morgan fingerprint density at radius 1 is 1.12 bits per heavy atom. The summed E-state index contributed by atoms with van der Waals surface area (Å²) in [4.78, 5) is 28.8. The van der Waals surface area contributed by atoms with Crippen molar-refractivity contribution >= 4 is 28.2 Å². The second kappa shape index (κ2) is 7.06. The molecule has 0 fully saturated rings. The number of aromatic nitrogens is 1. The number of carbonyl (C=O) groups excluding carboxylic acids is 2. The minimum Gasteiger partial charge on any atom is -0.366 e. The number of hydrogen-bond acceptors (Lipinski definition) is 4. The highest BCUT2D eigenvalue weighted by molar-refractivity contribution is 7.16. The van der Waals surface area contributed by atoms with Crippen molar-refractivity contribution < 1.29 is 9.59 Å². The van der Waals surface area contributed by atoms with Crippen LogP contribution >= 0.6 is 11.3 Å². The highest BCUT2D eigenvalue weighted by atomic mass is 32.1. The number of benzene rings is 1. The molecule has 3 N–H and O–H groups in total. The Balaban J connectivity index is 1.84. The maximum Gasteiger partial charge on any atom is 0.257 e. The Bertz CT molecular complexity index is 860. The number of rotatable bonds is 5. The molecular weight excluding hydrogens is 322 g/mol. The normalized spacial score (nSPS) is 10.3. The van der Waals surface area contributed by atoms with Gasteiger partial charge in [0.05, 0.1) is 11.1 Å². The molecule has 0 atom stereocenters. The monoisotopic (exact) mass is 337 g/mol. The average Bonchev–Trinajstić information content (AvgIpc) is 2.99. The van der Waals surface area contributed by atoms with Gasteiger partial charge in [-0.1, -0.05) is 30.3 Å². The smallest absolute Gasteiger partial charge is 0.257 e. The molecule has 0 saturated carbocycles. The third-order valence-electron chi connectivity index (χ3n) is 3.42. The van der Waals surface area contributed by atoms with Crippen molar-refractivity contribution in [1.29, 1.82) is 0 Å². The Morgan fingerprint density at radius 2 is 1.92 bits per heavy atom. The van der Waals surface area contributed by atoms with Crippen LogP contribution in [0.1, 0.15) is 31.2 Å². The van der Waals surface area contributed by atoms with E-state index >= 15 is 0 Å². The predicted molar refractivity (Wildman–Crippen MR) is 94.3 cm³/mol. The maximum atomic E-state index is 12.3. The van der Waals surface area contributed by atoms with E-state index in [1.54, 1.807) is 24.4 Å². The van der Waals surface area contributed by atoms with Crippen LogP contribution in [0.2, 0.25) is 0 Å². The number of nitrogens with one attached hydrogen (secondary N) is 1. The molecule has 0 aliphatic heterocycles. The van der Waals surface area contributed by atoms with Crippen molar-refractivity contribution in [3.05, 3.63) is 82.5 Å².